The molecular weight excluding hydrogens is 216 g/mol. The second-order valence-electron chi connectivity index (χ2n) is 4.63. The van der Waals surface area contributed by atoms with Crippen LogP contribution >= 0.6 is 0 Å². The number of allylic oxidation sites excluding steroid dienone is 1. The smallest absolute Gasteiger partial charge is 0.0103 e. The van der Waals surface area contributed by atoms with E-state index in [-0.39, 0.29) is 0 Å². The van der Waals surface area contributed by atoms with E-state index in [1.807, 2.05) is 6.08 Å². The van der Waals surface area contributed by atoms with Crippen LogP contribution in [0.2, 0.25) is 0 Å². The topological polar surface area (TPSA) is 0 Å². The van der Waals surface area contributed by atoms with Gasteiger partial charge in [0.15, 0.2) is 0 Å². The molecular formula is C18H16. The van der Waals surface area contributed by atoms with Gasteiger partial charge in [-0.3, -0.25) is 0 Å². The van der Waals surface area contributed by atoms with Crippen LogP contribution in [0.5, 0.6) is 0 Å². The van der Waals surface area contributed by atoms with Gasteiger partial charge in [0.05, 0.1) is 0 Å². The van der Waals surface area contributed by atoms with Gasteiger partial charge in [-0.2, -0.15) is 0 Å². The van der Waals surface area contributed by atoms with Crippen molar-refractivity contribution in [3.05, 3.63) is 72.8 Å². The SMILES string of the molecule is C=CCCc1cc2ccccc2c2ccccc12. The van der Waals surface area contributed by atoms with Gasteiger partial charge >= 0.3 is 0 Å². The molecule has 0 aliphatic heterocycles. The van der Waals surface area contributed by atoms with Crippen LogP contribution in [0.25, 0.3) is 21.5 Å². The highest BCUT2D eigenvalue weighted by atomic mass is 14.1. The van der Waals surface area contributed by atoms with Gasteiger partial charge in [0, 0.05) is 0 Å². The minimum Gasteiger partial charge on any atom is -0.103 e. The molecule has 3 aromatic carbocycles. The van der Waals surface area contributed by atoms with E-state index in [9.17, 15) is 0 Å². The monoisotopic (exact) mass is 232 g/mol. The highest BCUT2D eigenvalue weighted by Crippen LogP contribution is 2.29. The summed E-state index contributed by atoms with van der Waals surface area (Å²) < 4.78 is 0. The molecule has 0 heterocycles. The Balaban J connectivity index is 2.35. The first kappa shape index (κ1) is 11.0. The molecule has 3 aromatic rings. The standard InChI is InChI=1S/C18H16/c1-2-3-8-14-13-15-9-4-5-10-17(15)18-12-7-6-11-16(14)18/h2,4-7,9-13H,1,3,8H2. The van der Waals surface area contributed by atoms with E-state index in [0.29, 0.717) is 0 Å². The van der Waals surface area contributed by atoms with Crippen LogP contribution < -0.4 is 0 Å². The van der Waals surface area contributed by atoms with Crippen molar-refractivity contribution in [2.75, 3.05) is 0 Å². The van der Waals surface area contributed by atoms with Crippen LogP contribution in [0.4, 0.5) is 0 Å². The van der Waals surface area contributed by atoms with Crippen molar-refractivity contribution in [2.24, 2.45) is 0 Å². The number of benzene rings is 3. The van der Waals surface area contributed by atoms with E-state index in [0.717, 1.165) is 12.8 Å². The molecule has 0 atom stereocenters. The molecule has 0 radical (unpaired) electrons. The summed E-state index contributed by atoms with van der Waals surface area (Å²) in [7, 11) is 0. The van der Waals surface area contributed by atoms with Crippen LogP contribution in [0.15, 0.2) is 67.3 Å². The lowest BCUT2D eigenvalue weighted by molar-refractivity contribution is 1.02. The third-order valence-electron chi connectivity index (χ3n) is 3.47. The number of rotatable bonds is 3. The quantitative estimate of drug-likeness (QED) is 0.434. The van der Waals surface area contributed by atoms with E-state index in [4.69, 9.17) is 0 Å². The maximum atomic E-state index is 3.82. The van der Waals surface area contributed by atoms with Crippen LogP contribution in [0.3, 0.4) is 0 Å². The maximum absolute atomic E-state index is 3.82. The fourth-order valence-corrected chi connectivity index (χ4v) is 2.60. The van der Waals surface area contributed by atoms with Gasteiger partial charge in [-0.05, 0) is 39.9 Å². The zero-order valence-corrected chi connectivity index (χ0v) is 10.4. The van der Waals surface area contributed by atoms with Gasteiger partial charge in [-0.1, -0.05) is 60.7 Å². The molecule has 0 saturated heterocycles. The van der Waals surface area contributed by atoms with Crippen LogP contribution in [-0.2, 0) is 6.42 Å². The largest absolute Gasteiger partial charge is 0.103 e. The molecule has 0 fully saturated rings. The molecule has 0 N–H and O–H groups in total. The Morgan fingerprint density at radius 3 is 2.28 bits per heavy atom. The Kier molecular flexibility index (Phi) is 2.85. The summed E-state index contributed by atoms with van der Waals surface area (Å²) in [5.41, 5.74) is 1.42. The Bertz CT molecular complexity index is 707. The predicted octanol–water partition coefficient (Wildman–Crippen LogP) is 5.11. The number of aryl methyl sites for hydroxylation is 1. The summed E-state index contributed by atoms with van der Waals surface area (Å²) in [6, 6.07) is 19.6. The van der Waals surface area contributed by atoms with Gasteiger partial charge in [0.2, 0.25) is 0 Å². The van der Waals surface area contributed by atoms with Crippen molar-refractivity contribution in [2.45, 2.75) is 12.8 Å². The second kappa shape index (κ2) is 4.66. The summed E-state index contributed by atoms with van der Waals surface area (Å²) in [6.45, 7) is 3.82. The summed E-state index contributed by atoms with van der Waals surface area (Å²) in [4.78, 5) is 0. The first-order chi connectivity index (χ1) is 8.90. The fourth-order valence-electron chi connectivity index (χ4n) is 2.60. The normalized spacial score (nSPS) is 10.9. The summed E-state index contributed by atoms with van der Waals surface area (Å²) in [6.07, 6.45) is 4.08. The van der Waals surface area contributed by atoms with Gasteiger partial charge in [-0.25, -0.2) is 0 Å². The van der Waals surface area contributed by atoms with Crippen molar-refractivity contribution in [3.63, 3.8) is 0 Å². The van der Waals surface area contributed by atoms with Gasteiger partial charge < -0.3 is 0 Å². The molecule has 0 aliphatic rings. The number of fused-ring (bicyclic) bond motifs is 3. The molecule has 88 valence electrons. The summed E-state index contributed by atoms with van der Waals surface area (Å²) >= 11 is 0. The first-order valence-corrected chi connectivity index (χ1v) is 6.40. The molecule has 0 nitrogen and oxygen atoms in total. The summed E-state index contributed by atoms with van der Waals surface area (Å²) in [5.74, 6) is 0. The first-order valence-electron chi connectivity index (χ1n) is 6.40. The molecule has 3 rings (SSSR count). The summed E-state index contributed by atoms with van der Waals surface area (Å²) in [5, 5.41) is 5.40. The lowest BCUT2D eigenvalue weighted by Gasteiger charge is -2.09. The van der Waals surface area contributed by atoms with E-state index >= 15 is 0 Å². The Morgan fingerprint density at radius 1 is 0.833 bits per heavy atom. The Hall–Kier alpha value is -2.08. The minimum atomic E-state index is 1.03. The number of hydrogen-bond acceptors (Lipinski definition) is 0. The minimum absolute atomic E-state index is 1.03. The van der Waals surface area contributed by atoms with Crippen molar-refractivity contribution in [1.29, 1.82) is 0 Å². The highest BCUT2D eigenvalue weighted by molar-refractivity contribution is 6.08. The zero-order valence-electron chi connectivity index (χ0n) is 10.4. The van der Waals surface area contributed by atoms with Crippen molar-refractivity contribution in [3.8, 4) is 0 Å². The van der Waals surface area contributed by atoms with Gasteiger partial charge in [0.1, 0.15) is 0 Å². The predicted molar refractivity (Wildman–Crippen MR) is 80.0 cm³/mol. The Morgan fingerprint density at radius 2 is 1.50 bits per heavy atom. The lowest BCUT2D eigenvalue weighted by Crippen LogP contribution is -1.88. The average molecular weight is 232 g/mol. The number of hydrogen-bond donors (Lipinski definition) is 0. The molecule has 0 unspecified atom stereocenters. The molecule has 0 amide bonds. The van der Waals surface area contributed by atoms with Crippen LogP contribution in [0.1, 0.15) is 12.0 Å². The van der Waals surface area contributed by atoms with Crippen LogP contribution in [0, 0.1) is 0 Å². The zero-order chi connectivity index (χ0) is 12.4. The lowest BCUT2D eigenvalue weighted by atomic mass is 9.95. The van der Waals surface area contributed by atoms with E-state index in [1.165, 1.54) is 27.1 Å². The van der Waals surface area contributed by atoms with Crippen LogP contribution in [-0.4, -0.2) is 0 Å². The average Bonchev–Trinajstić information content (AvgIpc) is 2.45. The van der Waals surface area contributed by atoms with Crippen molar-refractivity contribution in [1.82, 2.24) is 0 Å². The fraction of sp³-hybridized carbons (Fsp3) is 0.111. The third-order valence-corrected chi connectivity index (χ3v) is 3.47. The van der Waals surface area contributed by atoms with E-state index in [2.05, 4.69) is 61.2 Å². The molecule has 0 saturated carbocycles. The third kappa shape index (κ3) is 1.80. The van der Waals surface area contributed by atoms with Gasteiger partial charge in [0.25, 0.3) is 0 Å². The van der Waals surface area contributed by atoms with Crippen molar-refractivity contribution >= 4 is 21.5 Å². The van der Waals surface area contributed by atoms with E-state index in [1.54, 1.807) is 0 Å². The molecule has 0 aliphatic carbocycles. The molecule has 0 aromatic heterocycles. The molecule has 0 bridgehead atoms. The van der Waals surface area contributed by atoms with E-state index < -0.39 is 0 Å². The molecule has 0 spiro atoms. The molecule has 18 heavy (non-hydrogen) atoms. The van der Waals surface area contributed by atoms with Crippen molar-refractivity contribution < 1.29 is 0 Å². The van der Waals surface area contributed by atoms with Gasteiger partial charge in [-0.15, -0.1) is 6.58 Å². The molecule has 0 heteroatoms. The highest BCUT2D eigenvalue weighted by Gasteiger charge is 2.04. The Labute approximate surface area is 108 Å². The maximum Gasteiger partial charge on any atom is -0.0103 e. The second-order valence-corrected chi connectivity index (χ2v) is 4.63.